The second-order valence-electron chi connectivity index (χ2n) is 4.33. The van der Waals surface area contributed by atoms with Crippen LogP contribution in [0.3, 0.4) is 0 Å². The maximum Gasteiger partial charge on any atom is 0.260 e. The number of nitrogens with two attached hydrogens (primary N) is 1. The van der Waals surface area contributed by atoms with Gasteiger partial charge in [0.15, 0.2) is 6.61 Å². The molecule has 0 heterocycles. The molecular formula is C14H22N2O3. The molecule has 1 amide bonds. The third kappa shape index (κ3) is 5.72. The minimum atomic E-state index is -0.0504. The summed E-state index contributed by atoms with van der Waals surface area (Å²) in [7, 11) is 3.40. The lowest BCUT2D eigenvalue weighted by Gasteiger charge is -2.17. The number of hydrogen-bond acceptors (Lipinski definition) is 4. The second kappa shape index (κ2) is 8.50. The van der Waals surface area contributed by atoms with Gasteiger partial charge in [0.05, 0.1) is 6.61 Å². The third-order valence-corrected chi connectivity index (χ3v) is 2.70. The first-order valence-corrected chi connectivity index (χ1v) is 6.32. The number of hydrogen-bond donors (Lipinski definition) is 1. The van der Waals surface area contributed by atoms with Crippen molar-refractivity contribution in [1.82, 2.24) is 4.90 Å². The number of carbonyl (C=O) groups is 1. The van der Waals surface area contributed by atoms with Gasteiger partial charge in [0.2, 0.25) is 0 Å². The van der Waals surface area contributed by atoms with Crippen LogP contribution in [0.4, 0.5) is 0 Å². The van der Waals surface area contributed by atoms with Crippen LogP contribution in [0.1, 0.15) is 12.0 Å². The highest BCUT2D eigenvalue weighted by Crippen LogP contribution is 2.13. The van der Waals surface area contributed by atoms with Crippen LogP contribution in [-0.2, 0) is 16.1 Å². The molecule has 19 heavy (non-hydrogen) atoms. The molecule has 0 fully saturated rings. The topological polar surface area (TPSA) is 64.8 Å². The Morgan fingerprint density at radius 3 is 2.89 bits per heavy atom. The Morgan fingerprint density at radius 1 is 1.42 bits per heavy atom. The summed E-state index contributed by atoms with van der Waals surface area (Å²) in [4.78, 5) is 13.4. The van der Waals surface area contributed by atoms with Gasteiger partial charge >= 0.3 is 0 Å². The maximum absolute atomic E-state index is 11.8. The van der Waals surface area contributed by atoms with Crippen LogP contribution in [0, 0.1) is 0 Å². The summed E-state index contributed by atoms with van der Waals surface area (Å²) in [6, 6.07) is 7.53. The van der Waals surface area contributed by atoms with Crippen molar-refractivity contribution in [3.8, 4) is 5.75 Å². The molecule has 5 heteroatoms. The lowest BCUT2D eigenvalue weighted by molar-refractivity contribution is -0.132. The molecule has 2 N–H and O–H groups in total. The van der Waals surface area contributed by atoms with Gasteiger partial charge in [-0.15, -0.1) is 0 Å². The van der Waals surface area contributed by atoms with Crippen LogP contribution >= 0.6 is 0 Å². The molecule has 106 valence electrons. The van der Waals surface area contributed by atoms with Crippen molar-refractivity contribution in [2.75, 3.05) is 33.9 Å². The summed E-state index contributed by atoms with van der Waals surface area (Å²) in [6.45, 7) is 1.80. The first-order chi connectivity index (χ1) is 9.17. The summed E-state index contributed by atoms with van der Waals surface area (Å²) >= 11 is 0. The maximum atomic E-state index is 11.8. The predicted octanol–water partition coefficient (Wildman–Crippen LogP) is 1.02. The number of rotatable bonds is 8. The molecule has 0 bridgehead atoms. The standard InChI is InChI=1S/C14H22N2O3/c1-16(8-4-7-15)14(17)11-19-13-6-3-5-12(9-13)10-18-2/h3,5-6,9H,4,7-8,10-11,15H2,1-2H3. The summed E-state index contributed by atoms with van der Waals surface area (Å²) in [5.74, 6) is 0.626. The van der Waals surface area contributed by atoms with Crippen molar-refractivity contribution in [1.29, 1.82) is 0 Å². The quantitative estimate of drug-likeness (QED) is 0.763. The number of benzene rings is 1. The van der Waals surface area contributed by atoms with E-state index in [1.54, 1.807) is 19.1 Å². The van der Waals surface area contributed by atoms with E-state index in [0.29, 0.717) is 25.4 Å². The van der Waals surface area contributed by atoms with E-state index in [2.05, 4.69) is 0 Å². The van der Waals surface area contributed by atoms with Gasteiger partial charge in [-0.1, -0.05) is 12.1 Å². The average molecular weight is 266 g/mol. The van der Waals surface area contributed by atoms with Crippen molar-refractivity contribution in [2.45, 2.75) is 13.0 Å². The van der Waals surface area contributed by atoms with Crippen LogP contribution in [0.2, 0.25) is 0 Å². The fourth-order valence-electron chi connectivity index (χ4n) is 1.60. The first-order valence-electron chi connectivity index (χ1n) is 6.32. The fourth-order valence-corrected chi connectivity index (χ4v) is 1.60. The van der Waals surface area contributed by atoms with E-state index in [9.17, 15) is 4.79 Å². The van der Waals surface area contributed by atoms with Gasteiger partial charge in [0.25, 0.3) is 5.91 Å². The minimum Gasteiger partial charge on any atom is -0.484 e. The molecule has 5 nitrogen and oxygen atoms in total. The highest BCUT2D eigenvalue weighted by atomic mass is 16.5. The molecule has 1 aromatic carbocycles. The van der Waals surface area contributed by atoms with Crippen LogP contribution in [0.5, 0.6) is 5.75 Å². The molecular weight excluding hydrogens is 244 g/mol. The number of nitrogens with zero attached hydrogens (tertiary/aromatic N) is 1. The lowest BCUT2D eigenvalue weighted by atomic mass is 10.2. The molecule has 1 aromatic rings. The Labute approximate surface area is 114 Å². The molecule has 0 aliphatic heterocycles. The number of amides is 1. The molecule has 0 unspecified atom stereocenters. The monoisotopic (exact) mass is 266 g/mol. The molecule has 0 radical (unpaired) electrons. The van der Waals surface area contributed by atoms with Crippen LogP contribution in [0.15, 0.2) is 24.3 Å². The number of likely N-dealkylation sites (N-methyl/N-ethyl adjacent to an activating group) is 1. The number of carbonyl (C=O) groups excluding carboxylic acids is 1. The van der Waals surface area contributed by atoms with Crippen molar-refractivity contribution in [2.24, 2.45) is 5.73 Å². The van der Waals surface area contributed by atoms with Gasteiger partial charge in [0.1, 0.15) is 5.75 Å². The minimum absolute atomic E-state index is 0.0392. The SMILES string of the molecule is COCc1cccc(OCC(=O)N(C)CCCN)c1. The number of ether oxygens (including phenoxy) is 2. The predicted molar refractivity (Wildman–Crippen MR) is 74.0 cm³/mol. The molecule has 0 aromatic heterocycles. The van der Waals surface area contributed by atoms with Crippen LogP contribution < -0.4 is 10.5 Å². The summed E-state index contributed by atoms with van der Waals surface area (Å²) in [5.41, 5.74) is 6.42. The second-order valence-corrected chi connectivity index (χ2v) is 4.33. The molecule has 0 atom stereocenters. The van der Waals surface area contributed by atoms with Gasteiger partial charge in [-0.3, -0.25) is 4.79 Å². The van der Waals surface area contributed by atoms with E-state index in [4.69, 9.17) is 15.2 Å². The first kappa shape index (κ1) is 15.5. The fraction of sp³-hybridized carbons (Fsp3) is 0.500. The molecule has 0 saturated carbocycles. The van der Waals surface area contributed by atoms with Crippen molar-refractivity contribution >= 4 is 5.91 Å². The molecule has 1 rings (SSSR count). The van der Waals surface area contributed by atoms with Gasteiger partial charge in [-0.2, -0.15) is 0 Å². The molecule has 0 saturated heterocycles. The van der Waals surface area contributed by atoms with E-state index >= 15 is 0 Å². The van der Waals surface area contributed by atoms with Crippen LogP contribution in [-0.4, -0.2) is 44.7 Å². The normalized spacial score (nSPS) is 10.3. The highest BCUT2D eigenvalue weighted by molar-refractivity contribution is 5.77. The summed E-state index contributed by atoms with van der Waals surface area (Å²) in [6.07, 6.45) is 0.797. The van der Waals surface area contributed by atoms with Gasteiger partial charge in [-0.25, -0.2) is 0 Å². The van der Waals surface area contributed by atoms with E-state index in [1.807, 2.05) is 24.3 Å². The van der Waals surface area contributed by atoms with E-state index < -0.39 is 0 Å². The highest BCUT2D eigenvalue weighted by Gasteiger charge is 2.08. The van der Waals surface area contributed by atoms with Gasteiger partial charge < -0.3 is 20.1 Å². The number of methoxy groups -OCH3 is 1. The largest absolute Gasteiger partial charge is 0.484 e. The van der Waals surface area contributed by atoms with E-state index in [1.165, 1.54) is 0 Å². The Bertz CT molecular complexity index is 396. The Morgan fingerprint density at radius 2 is 2.21 bits per heavy atom. The Hall–Kier alpha value is -1.59. The lowest BCUT2D eigenvalue weighted by Crippen LogP contribution is -2.33. The van der Waals surface area contributed by atoms with Crippen molar-refractivity contribution in [3.05, 3.63) is 29.8 Å². The Balaban J connectivity index is 2.43. The smallest absolute Gasteiger partial charge is 0.260 e. The van der Waals surface area contributed by atoms with Crippen molar-refractivity contribution < 1.29 is 14.3 Å². The molecule has 0 aliphatic rings. The third-order valence-electron chi connectivity index (χ3n) is 2.70. The summed E-state index contributed by atoms with van der Waals surface area (Å²) in [5, 5.41) is 0. The zero-order chi connectivity index (χ0) is 14.1. The van der Waals surface area contributed by atoms with Crippen molar-refractivity contribution in [3.63, 3.8) is 0 Å². The van der Waals surface area contributed by atoms with E-state index in [0.717, 1.165) is 12.0 Å². The molecule has 0 spiro atoms. The van der Waals surface area contributed by atoms with Gasteiger partial charge in [-0.05, 0) is 30.7 Å². The zero-order valence-electron chi connectivity index (χ0n) is 11.6. The van der Waals surface area contributed by atoms with E-state index in [-0.39, 0.29) is 12.5 Å². The van der Waals surface area contributed by atoms with Crippen LogP contribution in [0.25, 0.3) is 0 Å². The van der Waals surface area contributed by atoms with Gasteiger partial charge in [0, 0.05) is 20.7 Å². The zero-order valence-corrected chi connectivity index (χ0v) is 11.6. The Kier molecular flexibility index (Phi) is 6.92. The average Bonchev–Trinajstić information content (AvgIpc) is 2.43. The molecule has 0 aliphatic carbocycles. The summed E-state index contributed by atoms with van der Waals surface area (Å²) < 4.78 is 10.5.